The quantitative estimate of drug-likeness (QED) is 0.416. The molecule has 0 spiro atoms. The molecule has 134 valence electrons. The third-order valence-electron chi connectivity index (χ3n) is 3.02. The molecule has 24 heavy (non-hydrogen) atoms. The number of aryl methyl sites for hydroxylation is 1. The fourth-order valence-electron chi connectivity index (χ4n) is 2.19. The molecule has 0 saturated heterocycles. The minimum Gasteiger partial charge on any atom is -0.343 e. The Bertz CT molecular complexity index is 682. The Morgan fingerprint density at radius 3 is 1.21 bits per heavy atom. The summed E-state index contributed by atoms with van der Waals surface area (Å²) in [7, 11) is 1.99. The van der Waals surface area contributed by atoms with Crippen LogP contribution in [0.15, 0.2) is 53.3 Å². The van der Waals surface area contributed by atoms with Gasteiger partial charge in [0.2, 0.25) is 0 Å². The van der Waals surface area contributed by atoms with Crippen LogP contribution in [0.1, 0.15) is 55.4 Å². The van der Waals surface area contributed by atoms with Gasteiger partial charge in [0.05, 0.1) is 11.0 Å². The van der Waals surface area contributed by atoms with Crippen molar-refractivity contribution in [3.05, 3.63) is 58.8 Å². The van der Waals surface area contributed by atoms with E-state index in [1.165, 1.54) is 0 Å². The van der Waals surface area contributed by atoms with Crippen molar-refractivity contribution >= 4 is 21.8 Å². The highest BCUT2D eigenvalue weighted by Crippen LogP contribution is 2.16. The van der Waals surface area contributed by atoms with Crippen LogP contribution < -0.4 is 5.43 Å². The highest BCUT2D eigenvalue weighted by atomic mass is 16.1. The Morgan fingerprint density at radius 1 is 0.583 bits per heavy atom. The van der Waals surface area contributed by atoms with Gasteiger partial charge in [-0.15, -0.1) is 0 Å². The predicted octanol–water partition coefficient (Wildman–Crippen LogP) is 6.80. The summed E-state index contributed by atoms with van der Waals surface area (Å²) < 4.78 is 2.06. The van der Waals surface area contributed by atoms with Crippen molar-refractivity contribution in [3.8, 4) is 0 Å². The van der Waals surface area contributed by atoms with Crippen molar-refractivity contribution in [2.24, 2.45) is 7.05 Å². The summed E-state index contributed by atoms with van der Waals surface area (Å²) >= 11 is 0. The fourth-order valence-corrected chi connectivity index (χ4v) is 2.19. The van der Waals surface area contributed by atoms with E-state index in [-0.39, 0.29) is 5.43 Å². The number of para-hydroxylation sites is 2. The van der Waals surface area contributed by atoms with Crippen LogP contribution in [-0.2, 0) is 7.05 Å². The van der Waals surface area contributed by atoms with Gasteiger partial charge in [0.25, 0.3) is 0 Å². The van der Waals surface area contributed by atoms with E-state index in [9.17, 15) is 4.79 Å². The number of benzene rings is 2. The molecule has 0 N–H and O–H groups in total. The second-order valence-electron chi connectivity index (χ2n) is 3.92. The van der Waals surface area contributed by atoms with E-state index in [0.717, 1.165) is 21.8 Å². The summed E-state index contributed by atoms with van der Waals surface area (Å²) in [6, 6.07) is 15.4. The first-order valence-corrected chi connectivity index (χ1v) is 9.25. The van der Waals surface area contributed by atoms with E-state index in [4.69, 9.17) is 0 Å². The molecule has 0 aliphatic carbocycles. The lowest BCUT2D eigenvalue weighted by Crippen LogP contribution is -2.08. The lowest BCUT2D eigenvalue weighted by Gasteiger charge is -2.09. The van der Waals surface area contributed by atoms with E-state index in [2.05, 4.69) is 4.57 Å². The molecule has 0 fully saturated rings. The Balaban J connectivity index is 0. The van der Waals surface area contributed by atoms with Gasteiger partial charge in [-0.1, -0.05) is 79.7 Å². The molecule has 0 bridgehead atoms. The lowest BCUT2D eigenvalue weighted by atomic mass is 10.1. The Kier molecular flexibility index (Phi) is 14.6. The first-order chi connectivity index (χ1) is 11.8. The molecular weight excluding hydrogens is 294 g/mol. The minimum absolute atomic E-state index is 0.115. The van der Waals surface area contributed by atoms with Gasteiger partial charge in [-0.3, -0.25) is 4.79 Å². The van der Waals surface area contributed by atoms with Gasteiger partial charge in [-0.2, -0.15) is 0 Å². The van der Waals surface area contributed by atoms with Gasteiger partial charge in [-0.05, 0) is 24.3 Å². The molecular formula is C22H35NO. The van der Waals surface area contributed by atoms with Crippen LogP contribution in [0, 0.1) is 0 Å². The SMILES string of the molecule is CC.CC.CC.CC.Cn1c2ccccc2c(=O)c2ccccc21. The monoisotopic (exact) mass is 329 g/mol. The summed E-state index contributed by atoms with van der Waals surface area (Å²) in [5, 5.41) is 1.56. The molecule has 0 unspecified atom stereocenters. The standard InChI is InChI=1S/C14H11NO.4C2H6/c1-15-12-8-4-2-6-10(12)14(16)11-7-3-5-9-13(11)15;4*1-2/h2-9H,1H3;4*1-2H3. The molecule has 0 atom stereocenters. The van der Waals surface area contributed by atoms with Gasteiger partial charge < -0.3 is 4.57 Å². The molecule has 2 heteroatoms. The van der Waals surface area contributed by atoms with E-state index >= 15 is 0 Å². The number of hydrogen-bond donors (Lipinski definition) is 0. The maximum absolute atomic E-state index is 12.2. The summed E-state index contributed by atoms with van der Waals surface area (Å²) in [5.74, 6) is 0. The molecule has 1 heterocycles. The number of nitrogens with zero attached hydrogens (tertiary/aromatic N) is 1. The normalized spacial score (nSPS) is 8.38. The number of pyridine rings is 1. The van der Waals surface area contributed by atoms with Crippen LogP contribution in [0.3, 0.4) is 0 Å². The third-order valence-corrected chi connectivity index (χ3v) is 3.02. The molecule has 0 amide bonds. The largest absolute Gasteiger partial charge is 0.343 e. The van der Waals surface area contributed by atoms with Crippen LogP contribution in [0.2, 0.25) is 0 Å². The molecule has 0 aliphatic heterocycles. The molecule has 3 aromatic rings. The highest BCUT2D eigenvalue weighted by molar-refractivity contribution is 5.93. The molecule has 0 aliphatic rings. The van der Waals surface area contributed by atoms with Crippen LogP contribution in [-0.4, -0.2) is 4.57 Å². The number of aromatic nitrogens is 1. The summed E-state index contributed by atoms with van der Waals surface area (Å²) in [4.78, 5) is 12.2. The van der Waals surface area contributed by atoms with Crippen molar-refractivity contribution in [3.63, 3.8) is 0 Å². The van der Waals surface area contributed by atoms with E-state index in [0.29, 0.717) is 0 Å². The van der Waals surface area contributed by atoms with Crippen LogP contribution in [0.4, 0.5) is 0 Å². The fraction of sp³-hybridized carbons (Fsp3) is 0.409. The zero-order chi connectivity index (χ0) is 19.1. The molecule has 2 aromatic carbocycles. The molecule has 2 nitrogen and oxygen atoms in total. The Morgan fingerprint density at radius 2 is 0.875 bits per heavy atom. The summed E-state index contributed by atoms with van der Waals surface area (Å²) in [6.45, 7) is 16.0. The molecule has 1 aromatic heterocycles. The average molecular weight is 330 g/mol. The maximum atomic E-state index is 12.2. The smallest absolute Gasteiger partial charge is 0.197 e. The van der Waals surface area contributed by atoms with Crippen molar-refractivity contribution < 1.29 is 0 Å². The predicted molar refractivity (Wildman–Crippen MR) is 112 cm³/mol. The maximum Gasteiger partial charge on any atom is 0.197 e. The van der Waals surface area contributed by atoms with Crippen molar-refractivity contribution in [1.82, 2.24) is 4.57 Å². The first-order valence-electron chi connectivity index (χ1n) is 9.25. The molecule has 3 rings (SSSR count). The van der Waals surface area contributed by atoms with Crippen molar-refractivity contribution in [1.29, 1.82) is 0 Å². The van der Waals surface area contributed by atoms with Gasteiger partial charge in [-0.25, -0.2) is 0 Å². The zero-order valence-corrected chi connectivity index (χ0v) is 17.0. The second kappa shape index (κ2) is 14.5. The van der Waals surface area contributed by atoms with Gasteiger partial charge in [0.1, 0.15) is 0 Å². The Hall–Kier alpha value is -2.09. The van der Waals surface area contributed by atoms with Crippen LogP contribution >= 0.6 is 0 Å². The van der Waals surface area contributed by atoms with Crippen molar-refractivity contribution in [2.75, 3.05) is 0 Å². The second-order valence-corrected chi connectivity index (χ2v) is 3.92. The lowest BCUT2D eigenvalue weighted by molar-refractivity contribution is 1.00. The third kappa shape index (κ3) is 5.52. The summed E-state index contributed by atoms with van der Waals surface area (Å²) in [6.07, 6.45) is 0. The van der Waals surface area contributed by atoms with Gasteiger partial charge in [0, 0.05) is 17.8 Å². The van der Waals surface area contributed by atoms with Crippen LogP contribution in [0.5, 0.6) is 0 Å². The van der Waals surface area contributed by atoms with E-state index in [1.54, 1.807) is 0 Å². The van der Waals surface area contributed by atoms with Crippen molar-refractivity contribution in [2.45, 2.75) is 55.4 Å². The topological polar surface area (TPSA) is 22.0 Å². The average Bonchev–Trinajstić information content (AvgIpc) is 2.72. The van der Waals surface area contributed by atoms with E-state index < -0.39 is 0 Å². The highest BCUT2D eigenvalue weighted by Gasteiger charge is 2.06. The first kappa shape index (κ1) is 24.2. The van der Waals surface area contributed by atoms with Gasteiger partial charge >= 0.3 is 0 Å². The summed E-state index contributed by atoms with van der Waals surface area (Å²) in [5.41, 5.74) is 2.07. The zero-order valence-electron chi connectivity index (χ0n) is 17.0. The van der Waals surface area contributed by atoms with E-state index in [1.807, 2.05) is 111 Å². The Labute approximate surface area is 148 Å². The molecule has 0 saturated carbocycles. The molecule has 0 radical (unpaired) electrons. The minimum atomic E-state index is 0.115. The van der Waals surface area contributed by atoms with Crippen LogP contribution in [0.25, 0.3) is 21.8 Å². The van der Waals surface area contributed by atoms with Gasteiger partial charge in [0.15, 0.2) is 5.43 Å². The number of fused-ring (bicyclic) bond motifs is 2. The number of rotatable bonds is 0. The number of hydrogen-bond acceptors (Lipinski definition) is 1.